The topological polar surface area (TPSA) is 65.7 Å². The first-order valence-corrected chi connectivity index (χ1v) is 5.23. The number of nitrogens with one attached hydrogen (secondary N) is 2. The summed E-state index contributed by atoms with van der Waals surface area (Å²) < 4.78 is 0. The van der Waals surface area contributed by atoms with Crippen LogP contribution in [0.5, 0.6) is 0 Å². The van der Waals surface area contributed by atoms with Crippen molar-refractivity contribution >= 4 is 28.6 Å². The van der Waals surface area contributed by atoms with Crippen LogP contribution in [0.3, 0.4) is 0 Å². The number of hydrogen-bond donors (Lipinski definition) is 2. The van der Waals surface area contributed by atoms with E-state index in [2.05, 4.69) is 9.97 Å². The molecule has 0 unspecified atom stereocenters. The van der Waals surface area contributed by atoms with Gasteiger partial charge >= 0.3 is 5.69 Å². The number of halogens is 1. The van der Waals surface area contributed by atoms with E-state index in [9.17, 15) is 9.59 Å². The summed E-state index contributed by atoms with van der Waals surface area (Å²) in [5.74, 6) is 0.421. The van der Waals surface area contributed by atoms with Crippen LogP contribution in [0.1, 0.15) is 5.56 Å². The predicted molar refractivity (Wildman–Crippen MR) is 64.9 cm³/mol. The number of allylic oxidation sites excluding steroid dienone is 1. The Balaban J connectivity index is 2.66. The van der Waals surface area contributed by atoms with Crippen molar-refractivity contribution in [3.63, 3.8) is 0 Å². The number of aromatic amines is 2. The van der Waals surface area contributed by atoms with Crippen LogP contribution >= 0.6 is 11.6 Å². The first kappa shape index (κ1) is 10.7. The van der Waals surface area contributed by atoms with Crippen LogP contribution < -0.4 is 11.2 Å². The highest BCUT2D eigenvalue weighted by Crippen LogP contribution is 2.10. The molecular formula is C11H9ClN2O2. The van der Waals surface area contributed by atoms with Gasteiger partial charge in [0.15, 0.2) is 0 Å². The average Bonchev–Trinajstić information content (AvgIpc) is 2.25. The van der Waals surface area contributed by atoms with Gasteiger partial charge < -0.3 is 4.98 Å². The van der Waals surface area contributed by atoms with E-state index in [1.807, 2.05) is 6.08 Å². The van der Waals surface area contributed by atoms with E-state index in [-0.39, 0.29) is 5.56 Å². The van der Waals surface area contributed by atoms with E-state index in [4.69, 9.17) is 11.6 Å². The monoisotopic (exact) mass is 236 g/mol. The zero-order valence-corrected chi connectivity index (χ0v) is 9.04. The number of benzene rings is 1. The molecule has 1 aromatic carbocycles. The SMILES string of the molecule is O=c1[nH]c(=O)c2ccc(C=CCCl)cc2[nH]1. The third-order valence-corrected chi connectivity index (χ3v) is 2.34. The van der Waals surface area contributed by atoms with Gasteiger partial charge in [0.25, 0.3) is 5.56 Å². The molecule has 0 atom stereocenters. The van der Waals surface area contributed by atoms with Gasteiger partial charge in [-0.2, -0.15) is 0 Å². The summed E-state index contributed by atoms with van der Waals surface area (Å²) in [6.07, 6.45) is 3.61. The Bertz CT molecular complexity index is 655. The van der Waals surface area contributed by atoms with Crippen molar-refractivity contribution in [3.05, 3.63) is 50.7 Å². The fourth-order valence-electron chi connectivity index (χ4n) is 1.47. The molecule has 0 bridgehead atoms. The lowest BCUT2D eigenvalue weighted by Crippen LogP contribution is -2.21. The lowest BCUT2D eigenvalue weighted by atomic mass is 10.1. The Morgan fingerprint density at radius 3 is 2.81 bits per heavy atom. The van der Waals surface area contributed by atoms with Gasteiger partial charge in [0.1, 0.15) is 0 Å². The van der Waals surface area contributed by atoms with Gasteiger partial charge in [-0.3, -0.25) is 9.78 Å². The third-order valence-electron chi connectivity index (χ3n) is 2.16. The van der Waals surface area contributed by atoms with Gasteiger partial charge in [0, 0.05) is 5.88 Å². The number of fused-ring (bicyclic) bond motifs is 1. The van der Waals surface area contributed by atoms with Gasteiger partial charge in [-0.15, -0.1) is 11.6 Å². The molecule has 0 amide bonds. The average molecular weight is 237 g/mol. The maximum absolute atomic E-state index is 11.4. The number of rotatable bonds is 2. The second-order valence-electron chi connectivity index (χ2n) is 3.27. The molecule has 82 valence electrons. The summed E-state index contributed by atoms with van der Waals surface area (Å²) >= 11 is 5.52. The fraction of sp³-hybridized carbons (Fsp3) is 0.0909. The quantitative estimate of drug-likeness (QED) is 0.776. The first-order valence-electron chi connectivity index (χ1n) is 4.69. The van der Waals surface area contributed by atoms with Gasteiger partial charge in [-0.05, 0) is 17.7 Å². The Morgan fingerprint density at radius 2 is 2.06 bits per heavy atom. The molecule has 0 saturated carbocycles. The lowest BCUT2D eigenvalue weighted by Gasteiger charge is -1.98. The largest absolute Gasteiger partial charge is 0.326 e. The van der Waals surface area contributed by atoms with E-state index in [0.717, 1.165) is 5.56 Å². The standard InChI is InChI=1S/C11H9ClN2O2/c12-5-1-2-7-3-4-8-9(6-7)13-11(16)14-10(8)15/h1-4,6H,5H2,(H2,13,14,15,16). The molecule has 2 rings (SSSR count). The van der Waals surface area contributed by atoms with Crippen molar-refractivity contribution < 1.29 is 0 Å². The van der Waals surface area contributed by atoms with Crippen molar-refractivity contribution in [3.8, 4) is 0 Å². The molecule has 0 fully saturated rings. The third kappa shape index (κ3) is 2.06. The number of aromatic nitrogens is 2. The summed E-state index contributed by atoms with van der Waals surface area (Å²) in [4.78, 5) is 27.2. The van der Waals surface area contributed by atoms with Crippen LogP contribution in [0, 0.1) is 0 Å². The van der Waals surface area contributed by atoms with E-state index >= 15 is 0 Å². The van der Waals surface area contributed by atoms with Crippen LogP contribution in [0.15, 0.2) is 33.9 Å². The molecule has 5 heteroatoms. The minimum absolute atomic E-state index is 0.383. The molecule has 2 N–H and O–H groups in total. The molecule has 16 heavy (non-hydrogen) atoms. The molecular weight excluding hydrogens is 228 g/mol. The highest BCUT2D eigenvalue weighted by molar-refractivity contribution is 6.19. The molecule has 4 nitrogen and oxygen atoms in total. The smallest absolute Gasteiger partial charge is 0.307 e. The van der Waals surface area contributed by atoms with E-state index in [0.29, 0.717) is 16.8 Å². The summed E-state index contributed by atoms with van der Waals surface area (Å²) in [5.41, 5.74) is 0.516. The van der Waals surface area contributed by atoms with Gasteiger partial charge in [-0.25, -0.2) is 4.79 Å². The highest BCUT2D eigenvalue weighted by Gasteiger charge is 2.00. The Morgan fingerprint density at radius 1 is 1.25 bits per heavy atom. The molecule has 0 aliphatic heterocycles. The second kappa shape index (κ2) is 4.37. The van der Waals surface area contributed by atoms with Crippen LogP contribution in [0.4, 0.5) is 0 Å². The lowest BCUT2D eigenvalue weighted by molar-refractivity contribution is 1.08. The van der Waals surface area contributed by atoms with Crippen molar-refractivity contribution in [2.75, 3.05) is 5.88 Å². The zero-order valence-electron chi connectivity index (χ0n) is 8.29. The number of hydrogen-bond acceptors (Lipinski definition) is 2. The normalized spacial score (nSPS) is 11.3. The minimum atomic E-state index is -0.504. The zero-order chi connectivity index (χ0) is 11.5. The molecule has 0 aliphatic rings. The van der Waals surface area contributed by atoms with Crippen LogP contribution in [0.2, 0.25) is 0 Å². The summed E-state index contributed by atoms with van der Waals surface area (Å²) in [7, 11) is 0. The Labute approximate surface area is 95.6 Å². The van der Waals surface area contributed by atoms with Gasteiger partial charge in [-0.1, -0.05) is 18.2 Å². The van der Waals surface area contributed by atoms with Gasteiger partial charge in [0.05, 0.1) is 10.9 Å². The van der Waals surface area contributed by atoms with Crippen LogP contribution in [-0.4, -0.2) is 15.8 Å². The van der Waals surface area contributed by atoms with E-state index < -0.39 is 5.69 Å². The molecule has 1 heterocycles. The molecule has 1 aromatic heterocycles. The molecule has 0 saturated heterocycles. The Hall–Kier alpha value is -1.81. The molecule has 2 aromatic rings. The van der Waals surface area contributed by atoms with Crippen molar-refractivity contribution in [1.29, 1.82) is 0 Å². The number of H-pyrrole nitrogens is 2. The maximum atomic E-state index is 11.4. The predicted octanol–water partition coefficient (Wildman–Crippen LogP) is 1.47. The van der Waals surface area contributed by atoms with Crippen LogP contribution in [0.25, 0.3) is 17.0 Å². The van der Waals surface area contributed by atoms with E-state index in [1.54, 1.807) is 24.3 Å². The highest BCUT2D eigenvalue weighted by atomic mass is 35.5. The second-order valence-corrected chi connectivity index (χ2v) is 3.58. The first-order chi connectivity index (χ1) is 7.70. The Kier molecular flexibility index (Phi) is 2.92. The van der Waals surface area contributed by atoms with Crippen molar-refractivity contribution in [2.24, 2.45) is 0 Å². The van der Waals surface area contributed by atoms with Crippen molar-refractivity contribution in [1.82, 2.24) is 9.97 Å². The summed E-state index contributed by atoms with van der Waals surface area (Å²) in [6.45, 7) is 0. The maximum Gasteiger partial charge on any atom is 0.326 e. The molecule has 0 radical (unpaired) electrons. The van der Waals surface area contributed by atoms with Crippen LogP contribution in [-0.2, 0) is 0 Å². The van der Waals surface area contributed by atoms with Crippen molar-refractivity contribution in [2.45, 2.75) is 0 Å². The summed E-state index contributed by atoms with van der Waals surface area (Å²) in [6, 6.07) is 5.19. The number of alkyl halides is 1. The fourth-order valence-corrected chi connectivity index (χ4v) is 1.56. The minimum Gasteiger partial charge on any atom is -0.307 e. The van der Waals surface area contributed by atoms with E-state index in [1.165, 1.54) is 0 Å². The molecule has 0 spiro atoms. The van der Waals surface area contributed by atoms with Gasteiger partial charge in [0.2, 0.25) is 0 Å². The summed E-state index contributed by atoms with van der Waals surface area (Å²) in [5, 5.41) is 0.461. The molecule has 0 aliphatic carbocycles.